The Morgan fingerprint density at radius 1 is 1.25 bits per heavy atom. The van der Waals surface area contributed by atoms with E-state index in [2.05, 4.69) is 5.32 Å². The fourth-order valence-electron chi connectivity index (χ4n) is 3.26. The van der Waals surface area contributed by atoms with Gasteiger partial charge in [-0.25, -0.2) is 0 Å². The zero-order chi connectivity index (χ0) is 17.3. The van der Waals surface area contributed by atoms with Crippen molar-refractivity contribution in [2.75, 3.05) is 11.9 Å². The molecule has 0 radical (unpaired) electrons. The lowest BCUT2D eigenvalue weighted by molar-refractivity contribution is -0.140. The number of para-hydroxylation sites is 1. The molecule has 1 saturated heterocycles. The summed E-state index contributed by atoms with van der Waals surface area (Å²) < 4.78 is 0. The van der Waals surface area contributed by atoms with Crippen LogP contribution in [0.1, 0.15) is 24.8 Å². The summed E-state index contributed by atoms with van der Waals surface area (Å²) in [6.45, 7) is 2.02. The lowest BCUT2D eigenvalue weighted by atomic mass is 9.85. The third-order valence-corrected chi connectivity index (χ3v) is 4.95. The maximum absolute atomic E-state index is 12.4. The summed E-state index contributed by atoms with van der Waals surface area (Å²) in [5.41, 5.74) is 1.71. The molecule has 1 heterocycles. The van der Waals surface area contributed by atoms with E-state index in [9.17, 15) is 14.4 Å². The molecule has 2 aliphatic rings. The van der Waals surface area contributed by atoms with Crippen LogP contribution in [0.5, 0.6) is 0 Å². The van der Waals surface area contributed by atoms with Crippen molar-refractivity contribution >= 4 is 35.0 Å². The number of likely N-dealkylation sites (tertiary alicyclic amines) is 1. The van der Waals surface area contributed by atoms with Crippen LogP contribution in [0.4, 0.5) is 5.69 Å². The highest BCUT2D eigenvalue weighted by molar-refractivity contribution is 6.30. The molecule has 1 aromatic carbocycles. The van der Waals surface area contributed by atoms with E-state index in [1.54, 1.807) is 0 Å². The van der Waals surface area contributed by atoms with E-state index >= 15 is 0 Å². The van der Waals surface area contributed by atoms with E-state index in [1.165, 1.54) is 4.90 Å². The molecule has 1 aliphatic heterocycles. The Bertz CT molecular complexity index is 729. The summed E-state index contributed by atoms with van der Waals surface area (Å²) in [5, 5.41) is 3.45. The number of nitrogens with zero attached hydrogens (tertiary/aromatic N) is 1. The molecule has 3 rings (SSSR count). The monoisotopic (exact) mass is 346 g/mol. The Labute approximate surface area is 145 Å². The van der Waals surface area contributed by atoms with E-state index in [-0.39, 0.29) is 42.5 Å². The number of benzene rings is 1. The number of rotatable bonds is 4. The van der Waals surface area contributed by atoms with Gasteiger partial charge in [0.15, 0.2) is 0 Å². The Kier molecular flexibility index (Phi) is 4.71. The molecule has 6 heteroatoms. The van der Waals surface area contributed by atoms with Gasteiger partial charge < -0.3 is 5.32 Å². The van der Waals surface area contributed by atoms with Gasteiger partial charge in [0.1, 0.15) is 0 Å². The number of carbonyl (C=O) groups is 3. The molecule has 0 saturated carbocycles. The number of allylic oxidation sites excluding steroid dienone is 2. The molecule has 0 spiro atoms. The first-order valence-electron chi connectivity index (χ1n) is 8.02. The molecule has 126 valence electrons. The highest BCUT2D eigenvalue weighted by Crippen LogP contribution is 2.38. The Balaban J connectivity index is 1.59. The van der Waals surface area contributed by atoms with Gasteiger partial charge in [0, 0.05) is 23.7 Å². The van der Waals surface area contributed by atoms with Crippen LogP contribution in [0, 0.1) is 18.8 Å². The van der Waals surface area contributed by atoms with E-state index < -0.39 is 0 Å². The van der Waals surface area contributed by atoms with E-state index in [1.807, 2.05) is 37.3 Å². The molecule has 0 bridgehead atoms. The maximum atomic E-state index is 12.4. The third-order valence-electron chi connectivity index (χ3n) is 4.64. The number of anilines is 1. The van der Waals surface area contributed by atoms with Gasteiger partial charge in [-0.1, -0.05) is 35.9 Å². The average Bonchev–Trinajstić information content (AvgIpc) is 2.78. The summed E-state index contributed by atoms with van der Waals surface area (Å²) in [6.07, 6.45) is 2.82. The van der Waals surface area contributed by atoms with Crippen molar-refractivity contribution in [2.45, 2.75) is 26.2 Å². The number of halogens is 1. The van der Waals surface area contributed by atoms with Crippen molar-refractivity contribution in [3.8, 4) is 0 Å². The predicted octanol–water partition coefficient (Wildman–Crippen LogP) is 2.84. The standard InChI is InChI=1S/C18H19ClN2O3/c1-11-4-2-3-5-15(11)20-16(22)8-9-21-17(23)13-7-6-12(19)10-14(13)18(21)24/h2-6,13-14H,7-10H2,1H3,(H,20,22)/t13-,14+/m1/s1. The number of hydrogen-bond donors (Lipinski definition) is 1. The topological polar surface area (TPSA) is 66.5 Å². The van der Waals surface area contributed by atoms with Gasteiger partial charge in [-0.2, -0.15) is 0 Å². The van der Waals surface area contributed by atoms with Crippen LogP contribution in [-0.2, 0) is 14.4 Å². The lowest BCUT2D eigenvalue weighted by Crippen LogP contribution is -2.34. The van der Waals surface area contributed by atoms with Gasteiger partial charge in [-0.3, -0.25) is 19.3 Å². The van der Waals surface area contributed by atoms with Crippen molar-refractivity contribution < 1.29 is 14.4 Å². The molecule has 1 N–H and O–H groups in total. The minimum Gasteiger partial charge on any atom is -0.326 e. The number of hydrogen-bond acceptors (Lipinski definition) is 3. The van der Waals surface area contributed by atoms with E-state index in [0.29, 0.717) is 17.9 Å². The molecular formula is C18H19ClN2O3. The number of aryl methyl sites for hydroxylation is 1. The average molecular weight is 347 g/mol. The second kappa shape index (κ2) is 6.77. The number of amides is 3. The predicted molar refractivity (Wildman–Crippen MR) is 91.3 cm³/mol. The van der Waals surface area contributed by atoms with Crippen molar-refractivity contribution in [3.05, 3.63) is 40.9 Å². The first-order valence-corrected chi connectivity index (χ1v) is 8.40. The second-order valence-corrected chi connectivity index (χ2v) is 6.73. The molecular weight excluding hydrogens is 328 g/mol. The van der Waals surface area contributed by atoms with Crippen LogP contribution in [0.3, 0.4) is 0 Å². The summed E-state index contributed by atoms with van der Waals surface area (Å²) in [4.78, 5) is 38.1. The van der Waals surface area contributed by atoms with E-state index in [0.717, 1.165) is 11.3 Å². The van der Waals surface area contributed by atoms with Crippen molar-refractivity contribution in [3.63, 3.8) is 0 Å². The fourth-order valence-corrected chi connectivity index (χ4v) is 3.51. The summed E-state index contributed by atoms with van der Waals surface area (Å²) in [5.74, 6) is -1.29. The van der Waals surface area contributed by atoms with Gasteiger partial charge in [-0.15, -0.1) is 0 Å². The number of imide groups is 1. The third kappa shape index (κ3) is 3.22. The van der Waals surface area contributed by atoms with Gasteiger partial charge in [0.25, 0.3) is 0 Å². The normalized spacial score (nSPS) is 23.1. The summed E-state index contributed by atoms with van der Waals surface area (Å²) in [7, 11) is 0. The van der Waals surface area contributed by atoms with Crippen LogP contribution in [0.2, 0.25) is 0 Å². The van der Waals surface area contributed by atoms with E-state index in [4.69, 9.17) is 11.6 Å². The highest BCUT2D eigenvalue weighted by Gasteiger charge is 2.48. The van der Waals surface area contributed by atoms with Crippen LogP contribution in [0.25, 0.3) is 0 Å². The smallest absolute Gasteiger partial charge is 0.233 e. The minimum absolute atomic E-state index is 0.0897. The van der Waals surface area contributed by atoms with Crippen LogP contribution in [0.15, 0.2) is 35.4 Å². The number of nitrogens with one attached hydrogen (secondary N) is 1. The van der Waals surface area contributed by atoms with Crippen molar-refractivity contribution in [1.29, 1.82) is 0 Å². The quantitative estimate of drug-likeness (QED) is 0.852. The zero-order valence-corrected chi connectivity index (χ0v) is 14.2. The molecule has 0 aromatic heterocycles. The second-order valence-electron chi connectivity index (χ2n) is 6.25. The van der Waals surface area contributed by atoms with Crippen molar-refractivity contribution in [2.24, 2.45) is 11.8 Å². The zero-order valence-electron chi connectivity index (χ0n) is 13.4. The fraction of sp³-hybridized carbons (Fsp3) is 0.389. The first-order chi connectivity index (χ1) is 11.5. The van der Waals surface area contributed by atoms with Gasteiger partial charge >= 0.3 is 0 Å². The lowest BCUT2D eigenvalue weighted by Gasteiger charge is -2.17. The molecule has 5 nitrogen and oxygen atoms in total. The van der Waals surface area contributed by atoms with Crippen LogP contribution in [-0.4, -0.2) is 29.2 Å². The number of carbonyl (C=O) groups excluding carboxylic acids is 3. The molecule has 1 aliphatic carbocycles. The molecule has 2 atom stereocenters. The molecule has 1 aromatic rings. The largest absolute Gasteiger partial charge is 0.326 e. The molecule has 3 amide bonds. The number of fused-ring (bicyclic) bond motifs is 1. The first kappa shape index (κ1) is 16.7. The molecule has 24 heavy (non-hydrogen) atoms. The Hall–Kier alpha value is -2.14. The van der Waals surface area contributed by atoms with Crippen LogP contribution < -0.4 is 5.32 Å². The minimum atomic E-state index is -0.366. The molecule has 1 fully saturated rings. The molecule has 0 unspecified atom stereocenters. The summed E-state index contributed by atoms with van der Waals surface area (Å²) in [6, 6.07) is 7.47. The summed E-state index contributed by atoms with van der Waals surface area (Å²) >= 11 is 5.99. The van der Waals surface area contributed by atoms with Gasteiger partial charge in [0.2, 0.25) is 17.7 Å². The Morgan fingerprint density at radius 2 is 1.96 bits per heavy atom. The van der Waals surface area contributed by atoms with Crippen molar-refractivity contribution in [1.82, 2.24) is 4.90 Å². The highest BCUT2D eigenvalue weighted by atomic mass is 35.5. The van der Waals surface area contributed by atoms with Gasteiger partial charge in [0.05, 0.1) is 11.8 Å². The van der Waals surface area contributed by atoms with Crippen LogP contribution >= 0.6 is 11.6 Å². The Morgan fingerprint density at radius 3 is 2.71 bits per heavy atom. The SMILES string of the molecule is Cc1ccccc1NC(=O)CCN1C(=O)[C@H]2CC(Cl)=CC[C@H]2C1=O. The maximum Gasteiger partial charge on any atom is 0.233 e. The van der Waals surface area contributed by atoms with Gasteiger partial charge in [-0.05, 0) is 31.4 Å².